The summed E-state index contributed by atoms with van der Waals surface area (Å²) in [5, 5.41) is 8.86. The third-order valence-corrected chi connectivity index (χ3v) is 3.84. The molecule has 1 aromatic rings. The normalized spacial score (nSPS) is 11.7. The Kier molecular flexibility index (Phi) is 7.76. The minimum atomic E-state index is 0.542. The monoisotopic (exact) mass is 265 g/mol. The lowest BCUT2D eigenvalue weighted by molar-refractivity contribution is 0.383. The Balaban J connectivity index is 2.76. The predicted octanol–water partition coefficient (Wildman–Crippen LogP) is 5.10. The van der Waals surface area contributed by atoms with Gasteiger partial charge in [0.25, 0.3) is 0 Å². The largest absolute Gasteiger partial charge is 0.249 e. The summed E-state index contributed by atoms with van der Waals surface area (Å²) in [5.41, 5.74) is 1.21. The molecule has 1 rings (SSSR count). The molecule has 0 aromatic carbocycles. The van der Waals surface area contributed by atoms with Gasteiger partial charge in [-0.1, -0.05) is 58.6 Å². The van der Waals surface area contributed by atoms with E-state index in [4.69, 9.17) is 0 Å². The molecule has 3 nitrogen and oxygen atoms in total. The van der Waals surface area contributed by atoms with Crippen molar-refractivity contribution in [2.75, 3.05) is 0 Å². The van der Waals surface area contributed by atoms with Crippen LogP contribution >= 0.6 is 0 Å². The van der Waals surface area contributed by atoms with Crippen LogP contribution in [0.5, 0.6) is 0 Å². The van der Waals surface area contributed by atoms with Gasteiger partial charge in [0.05, 0.1) is 11.7 Å². The molecule has 0 aliphatic rings. The smallest absolute Gasteiger partial charge is 0.0858 e. The molecule has 0 amide bonds. The summed E-state index contributed by atoms with van der Waals surface area (Å²) in [6, 6.07) is 0.542. The van der Waals surface area contributed by atoms with Crippen molar-refractivity contribution in [2.45, 2.75) is 91.0 Å². The van der Waals surface area contributed by atoms with Gasteiger partial charge in [0.15, 0.2) is 0 Å². The Morgan fingerprint density at radius 2 is 1.42 bits per heavy atom. The van der Waals surface area contributed by atoms with E-state index in [1.807, 2.05) is 0 Å². The van der Waals surface area contributed by atoms with E-state index in [-0.39, 0.29) is 0 Å². The van der Waals surface area contributed by atoms with E-state index in [1.54, 1.807) is 0 Å². The van der Waals surface area contributed by atoms with Crippen LogP contribution in [0.4, 0.5) is 0 Å². The van der Waals surface area contributed by atoms with Crippen molar-refractivity contribution in [3.05, 3.63) is 11.9 Å². The van der Waals surface area contributed by atoms with Crippen molar-refractivity contribution in [1.29, 1.82) is 0 Å². The second-order valence-electron chi connectivity index (χ2n) is 5.63. The second-order valence-corrected chi connectivity index (χ2v) is 5.63. The van der Waals surface area contributed by atoms with E-state index in [9.17, 15) is 0 Å². The van der Waals surface area contributed by atoms with Gasteiger partial charge in [0.1, 0.15) is 0 Å². The molecular weight excluding hydrogens is 234 g/mol. The Hall–Kier alpha value is -0.860. The van der Waals surface area contributed by atoms with Crippen molar-refractivity contribution < 1.29 is 0 Å². The third-order valence-electron chi connectivity index (χ3n) is 3.84. The molecular formula is C16H31N3. The summed E-state index contributed by atoms with van der Waals surface area (Å²) < 4.78 is 2.13. The first-order valence-electron chi connectivity index (χ1n) is 8.18. The van der Waals surface area contributed by atoms with Crippen molar-refractivity contribution in [3.63, 3.8) is 0 Å². The van der Waals surface area contributed by atoms with Gasteiger partial charge in [-0.05, 0) is 25.7 Å². The molecule has 0 aliphatic heterocycles. The summed E-state index contributed by atoms with van der Waals surface area (Å²) >= 11 is 0. The Morgan fingerprint density at radius 3 is 1.89 bits per heavy atom. The molecule has 0 saturated carbocycles. The molecule has 0 unspecified atom stereocenters. The van der Waals surface area contributed by atoms with Crippen LogP contribution in [-0.2, 0) is 0 Å². The van der Waals surface area contributed by atoms with E-state index < -0.39 is 0 Å². The number of hydrogen-bond donors (Lipinski definition) is 0. The predicted molar refractivity (Wildman–Crippen MR) is 81.4 cm³/mol. The zero-order chi connectivity index (χ0) is 14.1. The second kappa shape index (κ2) is 9.11. The van der Waals surface area contributed by atoms with Crippen LogP contribution in [0.1, 0.15) is 96.7 Å². The minimum Gasteiger partial charge on any atom is -0.249 e. The van der Waals surface area contributed by atoms with Crippen molar-refractivity contribution >= 4 is 0 Å². The molecule has 0 bridgehead atoms. The van der Waals surface area contributed by atoms with Gasteiger partial charge in [-0.3, -0.25) is 0 Å². The molecule has 1 aromatic heterocycles. The fourth-order valence-electron chi connectivity index (χ4n) is 2.87. The van der Waals surface area contributed by atoms with Crippen LogP contribution in [-0.4, -0.2) is 15.0 Å². The molecule has 0 N–H and O–H groups in total. The third kappa shape index (κ3) is 4.96. The maximum atomic E-state index is 4.45. The van der Waals surface area contributed by atoms with Crippen molar-refractivity contribution in [1.82, 2.24) is 15.0 Å². The van der Waals surface area contributed by atoms with Crippen LogP contribution in [0.15, 0.2) is 6.20 Å². The van der Waals surface area contributed by atoms with Crippen LogP contribution in [0, 0.1) is 0 Å². The average Bonchev–Trinajstić information content (AvgIpc) is 2.87. The maximum Gasteiger partial charge on any atom is 0.0858 e. The summed E-state index contributed by atoms with van der Waals surface area (Å²) in [4.78, 5) is 0. The van der Waals surface area contributed by atoms with Gasteiger partial charge in [0, 0.05) is 12.1 Å². The first-order chi connectivity index (χ1) is 9.26. The molecule has 110 valence electrons. The van der Waals surface area contributed by atoms with E-state index in [1.165, 1.54) is 57.1 Å². The molecule has 0 spiro atoms. The van der Waals surface area contributed by atoms with Gasteiger partial charge in [0.2, 0.25) is 0 Å². The molecule has 0 aliphatic carbocycles. The van der Waals surface area contributed by atoms with E-state index in [0.717, 1.165) is 0 Å². The lowest BCUT2D eigenvalue weighted by Gasteiger charge is -2.15. The highest BCUT2D eigenvalue weighted by Crippen LogP contribution is 2.26. The quantitative estimate of drug-likeness (QED) is 0.589. The Labute approximate surface area is 118 Å². The number of nitrogens with zero attached hydrogens (tertiary/aromatic N) is 3. The van der Waals surface area contributed by atoms with Crippen molar-refractivity contribution in [3.8, 4) is 0 Å². The van der Waals surface area contributed by atoms with Crippen LogP contribution < -0.4 is 0 Å². The summed E-state index contributed by atoms with van der Waals surface area (Å²) in [5.74, 6) is 0.604. The van der Waals surface area contributed by atoms with Crippen LogP contribution in [0.25, 0.3) is 0 Å². The lowest BCUT2D eigenvalue weighted by Crippen LogP contribution is -2.09. The zero-order valence-electron chi connectivity index (χ0n) is 13.2. The van der Waals surface area contributed by atoms with E-state index >= 15 is 0 Å². The number of hydrogen-bond acceptors (Lipinski definition) is 2. The fourth-order valence-corrected chi connectivity index (χ4v) is 2.87. The van der Waals surface area contributed by atoms with Gasteiger partial charge in [-0.15, -0.1) is 5.10 Å². The molecule has 19 heavy (non-hydrogen) atoms. The van der Waals surface area contributed by atoms with E-state index in [2.05, 4.69) is 48.9 Å². The van der Waals surface area contributed by atoms with Gasteiger partial charge < -0.3 is 0 Å². The summed E-state index contributed by atoms with van der Waals surface area (Å²) in [6.45, 7) is 9.00. The fraction of sp³-hybridized carbons (Fsp3) is 0.875. The molecule has 1 heterocycles. The van der Waals surface area contributed by atoms with Crippen molar-refractivity contribution in [2.24, 2.45) is 0 Å². The summed E-state index contributed by atoms with van der Waals surface area (Å²) in [6.07, 6.45) is 12.0. The van der Waals surface area contributed by atoms with Gasteiger partial charge in [-0.25, -0.2) is 4.68 Å². The number of rotatable bonds is 10. The first kappa shape index (κ1) is 16.2. The van der Waals surface area contributed by atoms with Gasteiger partial charge in [-0.2, -0.15) is 0 Å². The van der Waals surface area contributed by atoms with Crippen LogP contribution in [0.2, 0.25) is 0 Å². The SMILES string of the molecule is CCCC(CCC)c1cn(C(CCC)CCC)nn1. The Bertz CT molecular complexity index is 290. The first-order valence-corrected chi connectivity index (χ1v) is 8.18. The van der Waals surface area contributed by atoms with Gasteiger partial charge >= 0.3 is 0 Å². The number of aromatic nitrogens is 3. The average molecular weight is 265 g/mol. The van der Waals surface area contributed by atoms with Crippen LogP contribution in [0.3, 0.4) is 0 Å². The molecule has 0 atom stereocenters. The zero-order valence-corrected chi connectivity index (χ0v) is 13.2. The Morgan fingerprint density at radius 1 is 0.895 bits per heavy atom. The molecule has 0 saturated heterocycles. The highest BCUT2D eigenvalue weighted by Gasteiger charge is 2.17. The minimum absolute atomic E-state index is 0.542. The maximum absolute atomic E-state index is 4.45. The lowest BCUT2D eigenvalue weighted by atomic mass is 9.95. The molecule has 3 heteroatoms. The highest BCUT2D eigenvalue weighted by molar-refractivity contribution is 5.02. The standard InChI is InChI=1S/C16H31N3/c1-5-9-14(10-6-2)16-13-19(18-17-16)15(11-7-3)12-8-4/h13-15H,5-12H2,1-4H3. The highest BCUT2D eigenvalue weighted by atomic mass is 15.4. The topological polar surface area (TPSA) is 30.7 Å². The summed E-state index contributed by atoms with van der Waals surface area (Å²) in [7, 11) is 0. The molecule has 0 radical (unpaired) electrons. The molecule has 0 fully saturated rings. The van der Waals surface area contributed by atoms with E-state index in [0.29, 0.717) is 12.0 Å².